The van der Waals surface area contributed by atoms with Crippen molar-refractivity contribution in [1.29, 1.82) is 0 Å². The van der Waals surface area contributed by atoms with Crippen LogP contribution in [0.15, 0.2) is 0 Å². The van der Waals surface area contributed by atoms with Gasteiger partial charge in [0.25, 0.3) is 0 Å². The second kappa shape index (κ2) is 5.98. The van der Waals surface area contributed by atoms with Gasteiger partial charge >= 0.3 is 0 Å². The first kappa shape index (κ1) is 15.8. The van der Waals surface area contributed by atoms with Crippen molar-refractivity contribution < 1.29 is 9.59 Å². The average molecular weight is 349 g/mol. The van der Waals surface area contributed by atoms with Crippen molar-refractivity contribution in [3.63, 3.8) is 0 Å². The smallest absolute Gasteiger partial charge is 0.228 e. The van der Waals surface area contributed by atoms with Crippen molar-refractivity contribution in [1.82, 2.24) is 24.6 Å². The number of carbonyl (C=O) groups is 2. The third-order valence-electron chi connectivity index (χ3n) is 5.51. The normalized spacial score (nSPS) is 27.8. The first-order chi connectivity index (χ1) is 11.5. The third kappa shape index (κ3) is 2.76. The molecule has 0 aromatic carbocycles. The zero-order valence-corrected chi connectivity index (χ0v) is 14.7. The van der Waals surface area contributed by atoms with Gasteiger partial charge in [0.2, 0.25) is 11.8 Å². The summed E-state index contributed by atoms with van der Waals surface area (Å²) in [5.41, 5.74) is 0. The van der Waals surface area contributed by atoms with Gasteiger partial charge < -0.3 is 14.4 Å². The van der Waals surface area contributed by atoms with Gasteiger partial charge in [0.1, 0.15) is 5.82 Å². The van der Waals surface area contributed by atoms with Gasteiger partial charge in [0.15, 0.2) is 4.77 Å². The highest BCUT2D eigenvalue weighted by atomic mass is 32.1. The molecule has 130 valence electrons. The first-order valence-electron chi connectivity index (χ1n) is 8.74. The fourth-order valence-electron chi connectivity index (χ4n) is 4.01. The van der Waals surface area contributed by atoms with Crippen LogP contribution in [-0.4, -0.2) is 62.1 Å². The molecule has 2 unspecified atom stereocenters. The van der Waals surface area contributed by atoms with Crippen LogP contribution in [-0.2, 0) is 16.6 Å². The van der Waals surface area contributed by atoms with Crippen LogP contribution in [0, 0.1) is 10.7 Å². The average Bonchev–Trinajstić information content (AvgIpc) is 3.28. The lowest BCUT2D eigenvalue weighted by atomic mass is 9.95. The fraction of sp³-hybridized carbons (Fsp3) is 0.750. The maximum absolute atomic E-state index is 12.9. The molecule has 1 saturated carbocycles. The van der Waals surface area contributed by atoms with Crippen molar-refractivity contribution in [2.75, 3.05) is 19.6 Å². The van der Waals surface area contributed by atoms with Crippen LogP contribution < -0.4 is 0 Å². The van der Waals surface area contributed by atoms with Gasteiger partial charge in [-0.3, -0.25) is 14.7 Å². The summed E-state index contributed by atoms with van der Waals surface area (Å²) in [5.74, 6) is 1.24. The quantitative estimate of drug-likeness (QED) is 0.832. The predicted molar refractivity (Wildman–Crippen MR) is 89.8 cm³/mol. The Labute approximate surface area is 146 Å². The number of hydrogen-bond acceptors (Lipinski definition) is 4. The Morgan fingerprint density at radius 1 is 1.29 bits per heavy atom. The Morgan fingerprint density at radius 2 is 2.08 bits per heavy atom. The second-order valence-electron chi connectivity index (χ2n) is 7.25. The zero-order valence-electron chi connectivity index (χ0n) is 13.9. The molecule has 7 nitrogen and oxygen atoms in total. The molecule has 0 bridgehead atoms. The van der Waals surface area contributed by atoms with E-state index < -0.39 is 0 Å². The molecular formula is C16H23N5O2S. The monoisotopic (exact) mass is 349 g/mol. The Morgan fingerprint density at radius 3 is 2.75 bits per heavy atom. The van der Waals surface area contributed by atoms with Crippen LogP contribution in [0.3, 0.4) is 0 Å². The van der Waals surface area contributed by atoms with E-state index in [0.717, 1.165) is 38.1 Å². The minimum atomic E-state index is -0.167. The maximum Gasteiger partial charge on any atom is 0.228 e. The number of H-pyrrole nitrogens is 1. The number of likely N-dealkylation sites (tertiary alicyclic amines) is 2. The number of nitrogens with zero attached hydrogens (tertiary/aromatic N) is 4. The van der Waals surface area contributed by atoms with Crippen molar-refractivity contribution >= 4 is 24.0 Å². The topological polar surface area (TPSA) is 74.2 Å². The molecule has 1 N–H and O–H groups in total. The number of rotatable bonds is 3. The SMILES string of the molecule is Cn1c(C2CCCN(C(=O)C3CC(=O)N(C4CC4)C3)C2)n[nH]c1=S. The largest absolute Gasteiger partial charge is 0.342 e. The number of carbonyl (C=O) groups excluding carboxylic acids is 2. The highest BCUT2D eigenvalue weighted by molar-refractivity contribution is 7.71. The summed E-state index contributed by atoms with van der Waals surface area (Å²) < 4.78 is 2.50. The molecule has 0 spiro atoms. The predicted octanol–water partition coefficient (Wildman–Crippen LogP) is 1.19. The summed E-state index contributed by atoms with van der Waals surface area (Å²) >= 11 is 5.19. The van der Waals surface area contributed by atoms with Crippen LogP contribution in [0.2, 0.25) is 0 Å². The highest BCUT2D eigenvalue weighted by Crippen LogP contribution is 2.34. The molecule has 3 fully saturated rings. The van der Waals surface area contributed by atoms with E-state index >= 15 is 0 Å². The van der Waals surface area contributed by atoms with Crippen LogP contribution in [0.1, 0.15) is 43.8 Å². The van der Waals surface area contributed by atoms with E-state index in [-0.39, 0.29) is 23.7 Å². The Balaban J connectivity index is 1.44. The number of aromatic amines is 1. The van der Waals surface area contributed by atoms with E-state index in [0.29, 0.717) is 30.3 Å². The molecular weight excluding hydrogens is 326 g/mol. The molecule has 8 heteroatoms. The Kier molecular flexibility index (Phi) is 3.94. The molecule has 2 aliphatic heterocycles. The van der Waals surface area contributed by atoms with Crippen LogP contribution >= 0.6 is 12.2 Å². The van der Waals surface area contributed by atoms with Crippen molar-refractivity contribution in [2.24, 2.45) is 13.0 Å². The molecule has 0 radical (unpaired) electrons. The van der Waals surface area contributed by atoms with Crippen LogP contribution in [0.25, 0.3) is 0 Å². The fourth-order valence-corrected chi connectivity index (χ4v) is 4.15. The van der Waals surface area contributed by atoms with Gasteiger partial charge in [-0.05, 0) is 37.9 Å². The van der Waals surface area contributed by atoms with Crippen molar-refractivity contribution in [3.05, 3.63) is 10.6 Å². The van der Waals surface area contributed by atoms with Gasteiger partial charge in [0.05, 0.1) is 5.92 Å². The highest BCUT2D eigenvalue weighted by Gasteiger charge is 2.43. The van der Waals surface area contributed by atoms with Gasteiger partial charge in [-0.2, -0.15) is 5.10 Å². The molecule has 2 atom stereocenters. The minimum Gasteiger partial charge on any atom is -0.342 e. The number of hydrogen-bond donors (Lipinski definition) is 1. The van der Waals surface area contributed by atoms with Crippen LogP contribution in [0.4, 0.5) is 0 Å². The molecule has 4 rings (SSSR count). The number of aromatic nitrogens is 3. The summed E-state index contributed by atoms with van der Waals surface area (Å²) in [7, 11) is 1.91. The summed E-state index contributed by atoms with van der Waals surface area (Å²) in [6.45, 7) is 2.05. The number of nitrogens with one attached hydrogen (secondary N) is 1. The summed E-state index contributed by atoms with van der Waals surface area (Å²) in [5, 5.41) is 7.16. The van der Waals surface area contributed by atoms with Crippen molar-refractivity contribution in [2.45, 2.75) is 44.1 Å². The van der Waals surface area contributed by atoms with E-state index in [1.807, 2.05) is 21.4 Å². The molecule has 3 aliphatic rings. The lowest BCUT2D eigenvalue weighted by Gasteiger charge is -2.33. The minimum absolute atomic E-state index is 0.132. The van der Waals surface area contributed by atoms with Gasteiger partial charge in [-0.15, -0.1) is 0 Å². The number of amides is 2. The molecule has 2 saturated heterocycles. The Bertz CT molecular complexity index is 722. The lowest BCUT2D eigenvalue weighted by Crippen LogP contribution is -2.43. The van der Waals surface area contributed by atoms with Gasteiger partial charge in [0, 0.05) is 45.1 Å². The molecule has 1 aromatic rings. The molecule has 2 amide bonds. The Hall–Kier alpha value is -1.70. The van der Waals surface area contributed by atoms with E-state index in [2.05, 4.69) is 10.2 Å². The van der Waals surface area contributed by atoms with Gasteiger partial charge in [-0.1, -0.05) is 0 Å². The molecule has 1 aromatic heterocycles. The summed E-state index contributed by atoms with van der Waals surface area (Å²) in [6.07, 6.45) is 4.54. The van der Waals surface area contributed by atoms with Gasteiger partial charge in [-0.25, -0.2) is 0 Å². The standard InChI is InChI=1S/C16H23N5O2S/c1-19-14(17-18-16(19)24)10-3-2-6-20(8-10)15(23)11-7-13(22)21(9-11)12-4-5-12/h10-12H,2-9H2,1H3,(H,18,24). The van der Waals surface area contributed by atoms with E-state index in [9.17, 15) is 9.59 Å². The maximum atomic E-state index is 12.9. The second-order valence-corrected chi connectivity index (χ2v) is 7.63. The van der Waals surface area contributed by atoms with E-state index in [4.69, 9.17) is 12.2 Å². The molecule has 1 aliphatic carbocycles. The first-order valence-corrected chi connectivity index (χ1v) is 9.15. The lowest BCUT2D eigenvalue weighted by molar-refractivity contribution is -0.137. The van der Waals surface area contributed by atoms with Crippen LogP contribution in [0.5, 0.6) is 0 Å². The zero-order chi connectivity index (χ0) is 16.8. The van der Waals surface area contributed by atoms with Crippen molar-refractivity contribution in [3.8, 4) is 0 Å². The number of piperidine rings is 1. The third-order valence-corrected chi connectivity index (χ3v) is 5.87. The molecule has 3 heterocycles. The van der Waals surface area contributed by atoms with E-state index in [1.165, 1.54) is 0 Å². The van der Waals surface area contributed by atoms with E-state index in [1.54, 1.807) is 0 Å². The molecule has 24 heavy (non-hydrogen) atoms. The summed E-state index contributed by atoms with van der Waals surface area (Å²) in [6, 6.07) is 0.401. The summed E-state index contributed by atoms with van der Waals surface area (Å²) in [4.78, 5) is 28.9.